The van der Waals surface area contributed by atoms with Gasteiger partial charge < -0.3 is 4.74 Å². The summed E-state index contributed by atoms with van der Waals surface area (Å²) in [6, 6.07) is 5.73. The molecule has 4 aliphatic carbocycles. The molecule has 4 aliphatic rings. The summed E-state index contributed by atoms with van der Waals surface area (Å²) in [7, 11) is 0. The third kappa shape index (κ3) is 2.26. The smallest absolute Gasteiger partial charge is 0.343 e. The number of nitrogens with zero attached hydrogens (tertiary/aromatic N) is 1. The maximum absolute atomic E-state index is 12.8. The standard InChI is InChI=1S/C22H25NO4/c1-21(2)11-17-15-5-3-4-6-16(15)19(22(17)12-18(21)22)27-20(24)13-7-9-14(10-8-13)23(25)26/h7-10,15,17-18H,3-6,11-12H2,1-2H3/t15-,17+,18-,22-/m0/s1. The highest BCUT2D eigenvalue weighted by Crippen LogP contribution is 2.82. The fraction of sp³-hybridized carbons (Fsp3) is 0.591. The number of non-ortho nitro benzene ring substituents is 1. The predicted molar refractivity (Wildman–Crippen MR) is 99.9 cm³/mol. The summed E-state index contributed by atoms with van der Waals surface area (Å²) in [5.74, 6) is 2.45. The Balaban J connectivity index is 1.46. The summed E-state index contributed by atoms with van der Waals surface area (Å²) in [4.78, 5) is 23.2. The van der Waals surface area contributed by atoms with Crippen LogP contribution in [0.3, 0.4) is 0 Å². The summed E-state index contributed by atoms with van der Waals surface area (Å²) in [5, 5.41) is 10.8. The van der Waals surface area contributed by atoms with Crippen LogP contribution in [0.5, 0.6) is 0 Å². The van der Waals surface area contributed by atoms with Crippen LogP contribution < -0.4 is 0 Å². The van der Waals surface area contributed by atoms with Gasteiger partial charge in [0.25, 0.3) is 5.69 Å². The molecule has 1 spiro atoms. The Hall–Kier alpha value is -2.17. The van der Waals surface area contributed by atoms with Crippen molar-refractivity contribution in [3.05, 3.63) is 51.3 Å². The van der Waals surface area contributed by atoms with Crippen LogP contribution in [0.25, 0.3) is 0 Å². The van der Waals surface area contributed by atoms with Crippen LogP contribution in [-0.4, -0.2) is 10.9 Å². The fourth-order valence-electron chi connectivity index (χ4n) is 6.57. The first-order valence-corrected chi connectivity index (χ1v) is 10.0. The van der Waals surface area contributed by atoms with Crippen LogP contribution in [-0.2, 0) is 4.74 Å². The highest BCUT2D eigenvalue weighted by Gasteiger charge is 2.76. The number of fused-ring (bicyclic) bond motifs is 2. The van der Waals surface area contributed by atoms with E-state index in [9.17, 15) is 14.9 Å². The van der Waals surface area contributed by atoms with E-state index in [2.05, 4.69) is 13.8 Å². The molecule has 0 amide bonds. The number of rotatable bonds is 3. The second-order valence-electron chi connectivity index (χ2n) is 9.50. The van der Waals surface area contributed by atoms with Crippen LogP contribution in [0.1, 0.15) is 62.7 Å². The molecule has 1 aromatic rings. The number of carbonyl (C=O) groups is 1. The zero-order chi connectivity index (χ0) is 19.0. The van der Waals surface area contributed by atoms with Crippen LogP contribution in [0.15, 0.2) is 35.6 Å². The molecule has 0 bridgehead atoms. The number of carbonyl (C=O) groups excluding carboxylic acids is 1. The van der Waals surface area contributed by atoms with E-state index in [0.717, 1.165) is 18.6 Å². The van der Waals surface area contributed by atoms with Crippen LogP contribution in [0.2, 0.25) is 0 Å². The second-order valence-corrected chi connectivity index (χ2v) is 9.50. The van der Waals surface area contributed by atoms with E-state index in [1.165, 1.54) is 55.5 Å². The van der Waals surface area contributed by atoms with Gasteiger partial charge in [-0.15, -0.1) is 0 Å². The number of hydrogen-bond acceptors (Lipinski definition) is 4. The Morgan fingerprint density at radius 2 is 1.93 bits per heavy atom. The molecule has 3 saturated carbocycles. The molecule has 0 unspecified atom stereocenters. The van der Waals surface area contributed by atoms with Crippen molar-refractivity contribution in [2.45, 2.75) is 52.4 Å². The van der Waals surface area contributed by atoms with E-state index in [1.807, 2.05) is 0 Å². The quantitative estimate of drug-likeness (QED) is 0.415. The van der Waals surface area contributed by atoms with E-state index in [-0.39, 0.29) is 17.1 Å². The average molecular weight is 367 g/mol. The van der Waals surface area contributed by atoms with Crippen molar-refractivity contribution in [3.63, 3.8) is 0 Å². The normalized spacial score (nSPS) is 35.3. The van der Waals surface area contributed by atoms with E-state index in [0.29, 0.717) is 28.7 Å². The van der Waals surface area contributed by atoms with Crippen molar-refractivity contribution < 1.29 is 14.5 Å². The minimum absolute atomic E-state index is 0.0137. The largest absolute Gasteiger partial charge is 0.427 e. The molecule has 3 fully saturated rings. The Kier molecular flexibility index (Phi) is 3.41. The molecular formula is C22H25NO4. The zero-order valence-electron chi connectivity index (χ0n) is 15.9. The van der Waals surface area contributed by atoms with Gasteiger partial charge >= 0.3 is 5.97 Å². The highest BCUT2D eigenvalue weighted by atomic mass is 16.6. The van der Waals surface area contributed by atoms with Crippen LogP contribution >= 0.6 is 0 Å². The maximum Gasteiger partial charge on any atom is 0.343 e. The molecule has 0 N–H and O–H groups in total. The summed E-state index contributed by atoms with van der Waals surface area (Å²) < 4.78 is 6.09. The van der Waals surface area contributed by atoms with Crippen molar-refractivity contribution in [1.29, 1.82) is 0 Å². The number of nitro benzene ring substituents is 1. The van der Waals surface area contributed by atoms with Crippen molar-refractivity contribution in [2.24, 2.45) is 28.6 Å². The Bertz CT molecular complexity index is 869. The lowest BCUT2D eigenvalue weighted by Crippen LogP contribution is -2.21. The lowest BCUT2D eigenvalue weighted by atomic mass is 9.75. The number of allylic oxidation sites excluding steroid dienone is 2. The summed E-state index contributed by atoms with van der Waals surface area (Å²) in [6.45, 7) is 4.73. The van der Waals surface area contributed by atoms with Gasteiger partial charge in [-0.3, -0.25) is 10.1 Å². The third-order valence-electron chi connectivity index (χ3n) is 7.72. The number of ether oxygens (including phenoxy) is 1. The van der Waals surface area contributed by atoms with E-state index >= 15 is 0 Å². The van der Waals surface area contributed by atoms with Crippen molar-refractivity contribution >= 4 is 11.7 Å². The second kappa shape index (κ2) is 5.43. The van der Waals surface area contributed by atoms with Gasteiger partial charge in [0, 0.05) is 17.5 Å². The molecule has 5 nitrogen and oxygen atoms in total. The molecule has 1 aromatic carbocycles. The molecule has 0 radical (unpaired) electrons. The number of esters is 1. The first-order valence-electron chi connectivity index (χ1n) is 10.0. The molecule has 0 aliphatic heterocycles. The average Bonchev–Trinajstić information content (AvgIpc) is 3.30. The van der Waals surface area contributed by atoms with Gasteiger partial charge in [-0.05, 0) is 73.0 Å². The number of nitro groups is 1. The minimum Gasteiger partial charge on any atom is -0.427 e. The van der Waals surface area contributed by atoms with Crippen LogP contribution in [0.4, 0.5) is 5.69 Å². The van der Waals surface area contributed by atoms with E-state index in [4.69, 9.17) is 4.74 Å². The van der Waals surface area contributed by atoms with Crippen molar-refractivity contribution in [3.8, 4) is 0 Å². The molecule has 5 rings (SSSR count). The van der Waals surface area contributed by atoms with E-state index in [1.54, 1.807) is 0 Å². The maximum atomic E-state index is 12.8. The Morgan fingerprint density at radius 1 is 1.19 bits per heavy atom. The first kappa shape index (κ1) is 17.0. The van der Waals surface area contributed by atoms with Crippen LogP contribution in [0, 0.1) is 38.7 Å². The fourth-order valence-corrected chi connectivity index (χ4v) is 6.57. The van der Waals surface area contributed by atoms with E-state index < -0.39 is 4.92 Å². The highest BCUT2D eigenvalue weighted by molar-refractivity contribution is 5.90. The molecule has 0 heterocycles. The van der Waals surface area contributed by atoms with Gasteiger partial charge in [-0.2, -0.15) is 0 Å². The van der Waals surface area contributed by atoms with Gasteiger partial charge in [0.2, 0.25) is 0 Å². The lowest BCUT2D eigenvalue weighted by Gasteiger charge is -2.29. The SMILES string of the molecule is CC1(C)C[C@@H]2[C@H]3CCCCC3=C(OC(=O)c3ccc([N+](=O)[O-])cc3)[C@@]23C[C@@H]13. The van der Waals surface area contributed by atoms with Crippen molar-refractivity contribution in [1.82, 2.24) is 0 Å². The molecule has 27 heavy (non-hydrogen) atoms. The zero-order valence-corrected chi connectivity index (χ0v) is 15.9. The van der Waals surface area contributed by atoms with Gasteiger partial charge in [0.1, 0.15) is 5.76 Å². The third-order valence-corrected chi connectivity index (χ3v) is 7.72. The molecule has 5 heteroatoms. The molecule has 0 aromatic heterocycles. The Morgan fingerprint density at radius 3 is 2.59 bits per heavy atom. The Labute approximate surface area is 158 Å². The summed E-state index contributed by atoms with van der Waals surface area (Å²) in [6.07, 6.45) is 7.11. The minimum atomic E-state index is -0.456. The number of benzene rings is 1. The topological polar surface area (TPSA) is 69.4 Å². The number of hydrogen-bond donors (Lipinski definition) is 0. The first-order chi connectivity index (χ1) is 12.8. The van der Waals surface area contributed by atoms with Gasteiger partial charge in [-0.1, -0.05) is 20.3 Å². The molecule has 142 valence electrons. The molecular weight excluding hydrogens is 342 g/mol. The van der Waals surface area contributed by atoms with Gasteiger partial charge in [0.15, 0.2) is 0 Å². The lowest BCUT2D eigenvalue weighted by molar-refractivity contribution is -0.384. The molecule has 4 atom stereocenters. The summed E-state index contributed by atoms with van der Waals surface area (Å²) >= 11 is 0. The predicted octanol–water partition coefficient (Wildman–Crippen LogP) is 5.26. The van der Waals surface area contributed by atoms with Crippen molar-refractivity contribution in [2.75, 3.05) is 0 Å². The summed E-state index contributed by atoms with van der Waals surface area (Å²) in [5.41, 5.74) is 2.18. The molecule has 0 saturated heterocycles. The van der Waals surface area contributed by atoms with Gasteiger partial charge in [-0.25, -0.2) is 4.79 Å². The monoisotopic (exact) mass is 367 g/mol. The van der Waals surface area contributed by atoms with Gasteiger partial charge in [0.05, 0.1) is 10.5 Å².